The summed E-state index contributed by atoms with van der Waals surface area (Å²) >= 11 is 2.34. The number of phenols is 2. The number of phenolic OH excluding ortho intramolecular Hbond substituents is 2. The number of ether oxygens (including phenoxy) is 1. The number of hydrogen-bond acceptors (Lipinski definition) is 5. The fourth-order valence-electron chi connectivity index (χ4n) is 3.81. The van der Waals surface area contributed by atoms with E-state index in [0.29, 0.717) is 12.3 Å². The highest BCUT2D eigenvalue weighted by molar-refractivity contribution is 14.1. The Morgan fingerprint density at radius 2 is 2.04 bits per heavy atom. The van der Waals surface area contributed by atoms with Crippen LogP contribution in [0.15, 0.2) is 30.3 Å². The maximum Gasteiger partial charge on any atom is 0.305 e. The number of esters is 1. The first kappa shape index (κ1) is 20.8. The van der Waals surface area contributed by atoms with Crippen molar-refractivity contribution in [2.24, 2.45) is 0 Å². The highest BCUT2D eigenvalue weighted by Gasteiger charge is 2.22. The molecular weight excluding hydrogens is 469 g/mol. The minimum absolute atomic E-state index is 0.0309. The van der Waals surface area contributed by atoms with E-state index in [1.165, 1.54) is 12.7 Å². The maximum absolute atomic E-state index is 11.2. The Bertz CT molecular complexity index is 853. The van der Waals surface area contributed by atoms with Crippen molar-refractivity contribution in [2.75, 3.05) is 19.0 Å². The first-order valence-electron chi connectivity index (χ1n) is 9.61. The van der Waals surface area contributed by atoms with Crippen LogP contribution in [0.4, 0.5) is 5.69 Å². The number of benzene rings is 2. The second kappa shape index (κ2) is 9.49. The first-order valence-corrected chi connectivity index (χ1v) is 10.7. The zero-order valence-corrected chi connectivity index (χ0v) is 18.2. The van der Waals surface area contributed by atoms with Crippen molar-refractivity contribution in [2.45, 2.75) is 44.4 Å². The molecule has 0 fully saturated rings. The van der Waals surface area contributed by atoms with Gasteiger partial charge in [0.25, 0.3) is 0 Å². The number of aryl methyl sites for hydroxylation is 1. The standard InChI is InChI=1S/C22H26INO4/c1-28-22(27)6-3-9-24-19-8-7-14(11-18(19)23)10-15-4-2-5-16-12-20(25)21(26)13-17(15)16/h7-8,11-13,15,24-26H,2-6,9-10H2,1H3/t15-/m0/s1. The lowest BCUT2D eigenvalue weighted by Crippen LogP contribution is -2.12. The second-order valence-electron chi connectivity index (χ2n) is 7.25. The SMILES string of the molecule is COC(=O)CCCNc1ccc(C[C@@H]2CCCc3cc(O)c(O)cc32)cc1I. The molecule has 0 heterocycles. The smallest absolute Gasteiger partial charge is 0.305 e. The van der Waals surface area contributed by atoms with Crippen molar-refractivity contribution in [3.05, 3.63) is 50.6 Å². The van der Waals surface area contributed by atoms with E-state index in [2.05, 4.69) is 50.8 Å². The number of halogens is 1. The predicted molar refractivity (Wildman–Crippen MR) is 118 cm³/mol. The molecule has 1 aliphatic rings. The molecule has 0 radical (unpaired) electrons. The third-order valence-electron chi connectivity index (χ3n) is 5.29. The summed E-state index contributed by atoms with van der Waals surface area (Å²) in [5, 5.41) is 23.0. The van der Waals surface area contributed by atoms with E-state index in [1.54, 1.807) is 12.1 Å². The van der Waals surface area contributed by atoms with Crippen LogP contribution in [0.1, 0.15) is 48.3 Å². The molecule has 28 heavy (non-hydrogen) atoms. The Kier molecular flexibility index (Phi) is 7.04. The molecule has 0 aromatic heterocycles. The number of nitrogens with one attached hydrogen (secondary N) is 1. The molecule has 0 saturated heterocycles. The quantitative estimate of drug-likeness (QED) is 0.224. The molecule has 2 aromatic carbocycles. The van der Waals surface area contributed by atoms with Crippen LogP contribution >= 0.6 is 22.6 Å². The summed E-state index contributed by atoms with van der Waals surface area (Å²) in [6.45, 7) is 0.725. The number of anilines is 1. The van der Waals surface area contributed by atoms with Gasteiger partial charge in [0.1, 0.15) is 0 Å². The molecule has 2 aromatic rings. The molecule has 3 N–H and O–H groups in total. The highest BCUT2D eigenvalue weighted by Crippen LogP contribution is 2.39. The number of methoxy groups -OCH3 is 1. The van der Waals surface area contributed by atoms with Gasteiger partial charge in [-0.05, 0) is 102 Å². The molecule has 5 nitrogen and oxygen atoms in total. The van der Waals surface area contributed by atoms with Crippen molar-refractivity contribution >= 4 is 34.2 Å². The fraction of sp³-hybridized carbons (Fsp3) is 0.409. The molecule has 1 aliphatic carbocycles. The third-order valence-corrected chi connectivity index (χ3v) is 6.18. The summed E-state index contributed by atoms with van der Waals surface area (Å²) in [4.78, 5) is 11.2. The van der Waals surface area contributed by atoms with Crippen molar-refractivity contribution in [1.29, 1.82) is 0 Å². The fourth-order valence-corrected chi connectivity index (χ4v) is 4.58. The van der Waals surface area contributed by atoms with Gasteiger partial charge < -0.3 is 20.3 Å². The monoisotopic (exact) mass is 495 g/mol. The van der Waals surface area contributed by atoms with Crippen LogP contribution < -0.4 is 5.32 Å². The number of aromatic hydroxyl groups is 2. The predicted octanol–water partition coefficient (Wildman–Crippen LogP) is 4.73. The average molecular weight is 495 g/mol. The molecule has 0 amide bonds. The molecule has 0 unspecified atom stereocenters. The van der Waals surface area contributed by atoms with Gasteiger partial charge >= 0.3 is 5.97 Å². The van der Waals surface area contributed by atoms with Gasteiger partial charge in [0.05, 0.1) is 7.11 Å². The lowest BCUT2D eigenvalue weighted by atomic mass is 9.79. The van der Waals surface area contributed by atoms with E-state index in [4.69, 9.17) is 0 Å². The van der Waals surface area contributed by atoms with Crippen LogP contribution in [-0.4, -0.2) is 29.8 Å². The van der Waals surface area contributed by atoms with E-state index in [9.17, 15) is 15.0 Å². The summed E-state index contributed by atoms with van der Waals surface area (Å²) in [7, 11) is 1.41. The van der Waals surface area contributed by atoms with Crippen LogP contribution in [0.3, 0.4) is 0 Å². The molecule has 6 heteroatoms. The normalized spacial score (nSPS) is 15.7. The van der Waals surface area contributed by atoms with Gasteiger partial charge in [-0.3, -0.25) is 4.79 Å². The number of fused-ring (bicyclic) bond motifs is 1. The molecule has 0 aliphatic heterocycles. The Balaban J connectivity index is 1.64. The van der Waals surface area contributed by atoms with E-state index in [0.717, 1.165) is 59.0 Å². The maximum atomic E-state index is 11.2. The average Bonchev–Trinajstić information content (AvgIpc) is 2.68. The number of carbonyl (C=O) groups excluding carboxylic acids is 1. The molecule has 3 rings (SSSR count). The van der Waals surface area contributed by atoms with Crippen LogP contribution in [-0.2, 0) is 22.4 Å². The topological polar surface area (TPSA) is 78.8 Å². The summed E-state index contributed by atoms with van der Waals surface area (Å²) in [5.74, 6) is 0.104. The summed E-state index contributed by atoms with van der Waals surface area (Å²) in [5.41, 5.74) is 4.63. The van der Waals surface area contributed by atoms with Gasteiger partial charge in [-0.15, -0.1) is 0 Å². The zero-order valence-electron chi connectivity index (χ0n) is 16.0. The van der Waals surface area contributed by atoms with Crippen LogP contribution in [0.5, 0.6) is 11.5 Å². The van der Waals surface area contributed by atoms with Gasteiger partial charge in [-0.1, -0.05) is 6.07 Å². The van der Waals surface area contributed by atoms with Gasteiger partial charge in [0.15, 0.2) is 11.5 Å². The minimum atomic E-state index is -0.182. The molecule has 150 valence electrons. The number of rotatable bonds is 7. The van der Waals surface area contributed by atoms with Crippen molar-refractivity contribution in [3.63, 3.8) is 0 Å². The van der Waals surface area contributed by atoms with Gasteiger partial charge in [-0.2, -0.15) is 0 Å². The number of carbonyl (C=O) groups is 1. The molecule has 0 bridgehead atoms. The lowest BCUT2D eigenvalue weighted by molar-refractivity contribution is -0.140. The van der Waals surface area contributed by atoms with Gasteiger partial charge in [0, 0.05) is 22.2 Å². The zero-order chi connectivity index (χ0) is 20.1. The van der Waals surface area contributed by atoms with Crippen molar-refractivity contribution in [1.82, 2.24) is 0 Å². The Labute approximate surface area is 179 Å². The third kappa shape index (κ3) is 5.10. The van der Waals surface area contributed by atoms with E-state index in [1.807, 2.05) is 0 Å². The molecule has 0 spiro atoms. The van der Waals surface area contributed by atoms with Gasteiger partial charge in [-0.25, -0.2) is 0 Å². The van der Waals surface area contributed by atoms with Crippen LogP contribution in [0.25, 0.3) is 0 Å². The van der Waals surface area contributed by atoms with Crippen molar-refractivity contribution in [3.8, 4) is 11.5 Å². The summed E-state index contributed by atoms with van der Waals surface area (Å²) < 4.78 is 5.81. The molecule has 1 atom stereocenters. The van der Waals surface area contributed by atoms with Gasteiger partial charge in [0.2, 0.25) is 0 Å². The van der Waals surface area contributed by atoms with E-state index < -0.39 is 0 Å². The first-order chi connectivity index (χ1) is 13.5. The summed E-state index contributed by atoms with van der Waals surface area (Å²) in [6.07, 6.45) is 5.20. The second-order valence-corrected chi connectivity index (χ2v) is 8.42. The van der Waals surface area contributed by atoms with E-state index >= 15 is 0 Å². The Morgan fingerprint density at radius 3 is 2.79 bits per heavy atom. The molecular formula is C22H26INO4. The van der Waals surface area contributed by atoms with E-state index in [-0.39, 0.29) is 17.5 Å². The molecule has 0 saturated carbocycles. The van der Waals surface area contributed by atoms with Crippen molar-refractivity contribution < 1.29 is 19.7 Å². The summed E-state index contributed by atoms with van der Waals surface area (Å²) in [6, 6.07) is 9.86. The largest absolute Gasteiger partial charge is 0.504 e. The number of hydrogen-bond donors (Lipinski definition) is 3. The Morgan fingerprint density at radius 1 is 1.25 bits per heavy atom. The Hall–Kier alpha value is -1.96. The van der Waals surface area contributed by atoms with Crippen LogP contribution in [0.2, 0.25) is 0 Å². The minimum Gasteiger partial charge on any atom is -0.504 e. The lowest BCUT2D eigenvalue weighted by Gasteiger charge is -2.26. The highest BCUT2D eigenvalue weighted by atomic mass is 127. The van der Waals surface area contributed by atoms with Crippen LogP contribution in [0, 0.1) is 3.57 Å².